The number of aryl methyl sites for hydroxylation is 2. The Morgan fingerprint density at radius 3 is 2.61 bits per heavy atom. The van der Waals surface area contributed by atoms with Crippen LogP contribution in [0.25, 0.3) is 0 Å². The lowest BCUT2D eigenvalue weighted by Crippen LogP contribution is -2.45. The van der Waals surface area contributed by atoms with Crippen LogP contribution in [0.2, 0.25) is 0 Å². The van der Waals surface area contributed by atoms with Crippen LogP contribution in [-0.4, -0.2) is 18.0 Å². The molecule has 0 saturated carbocycles. The van der Waals surface area contributed by atoms with Gasteiger partial charge in [0.2, 0.25) is 0 Å². The lowest BCUT2D eigenvalue weighted by atomic mass is 9.90. The van der Waals surface area contributed by atoms with Gasteiger partial charge in [0.05, 0.1) is 0 Å². The van der Waals surface area contributed by atoms with Crippen molar-refractivity contribution in [2.75, 3.05) is 6.54 Å². The Balaban J connectivity index is 2.07. The highest BCUT2D eigenvalue weighted by atomic mass is 16.1. The molecule has 0 saturated heterocycles. The Hall–Kier alpha value is -1.35. The Labute approximate surface area is 109 Å². The second-order valence-corrected chi connectivity index (χ2v) is 5.86. The molecular weight excluding hydrogens is 224 g/mol. The Kier molecular flexibility index (Phi) is 3.71. The van der Waals surface area contributed by atoms with E-state index in [1.54, 1.807) is 0 Å². The van der Waals surface area contributed by atoms with E-state index in [1.165, 1.54) is 24.0 Å². The van der Waals surface area contributed by atoms with Gasteiger partial charge in [0.1, 0.15) is 0 Å². The smallest absolute Gasteiger partial charge is 0.251 e. The van der Waals surface area contributed by atoms with Crippen LogP contribution < -0.4 is 11.1 Å². The minimum atomic E-state index is -0.371. The molecule has 0 unspecified atom stereocenters. The number of amides is 1. The molecule has 0 aliphatic heterocycles. The van der Waals surface area contributed by atoms with E-state index in [0.717, 1.165) is 18.4 Å². The molecule has 0 spiro atoms. The molecular formula is C15H22N2O. The molecule has 3 nitrogen and oxygen atoms in total. The van der Waals surface area contributed by atoms with Crippen molar-refractivity contribution in [1.82, 2.24) is 5.32 Å². The molecule has 2 rings (SSSR count). The molecule has 0 radical (unpaired) electrons. The fourth-order valence-electron chi connectivity index (χ4n) is 2.28. The lowest BCUT2D eigenvalue weighted by Gasteiger charge is -2.20. The van der Waals surface area contributed by atoms with Crippen LogP contribution in [0.15, 0.2) is 18.2 Å². The van der Waals surface area contributed by atoms with Gasteiger partial charge in [-0.3, -0.25) is 4.79 Å². The largest absolute Gasteiger partial charge is 0.350 e. The number of nitrogens with one attached hydrogen (secondary N) is 1. The quantitative estimate of drug-likeness (QED) is 0.857. The van der Waals surface area contributed by atoms with Crippen LogP contribution in [0.1, 0.15) is 48.2 Å². The topological polar surface area (TPSA) is 55.1 Å². The normalized spacial score (nSPS) is 15.1. The van der Waals surface area contributed by atoms with Crippen LogP contribution >= 0.6 is 0 Å². The van der Waals surface area contributed by atoms with Gasteiger partial charge >= 0.3 is 0 Å². The number of hydrogen-bond acceptors (Lipinski definition) is 2. The van der Waals surface area contributed by atoms with Gasteiger partial charge in [-0.1, -0.05) is 6.07 Å². The summed E-state index contributed by atoms with van der Waals surface area (Å²) in [6, 6.07) is 6.05. The minimum Gasteiger partial charge on any atom is -0.350 e. The van der Waals surface area contributed by atoms with Gasteiger partial charge in [0, 0.05) is 17.6 Å². The number of carbonyl (C=O) groups is 1. The molecule has 1 aromatic carbocycles. The number of rotatable bonds is 3. The zero-order chi connectivity index (χ0) is 13.2. The zero-order valence-corrected chi connectivity index (χ0v) is 11.3. The van der Waals surface area contributed by atoms with Crippen molar-refractivity contribution in [2.45, 2.75) is 45.1 Å². The summed E-state index contributed by atoms with van der Waals surface area (Å²) < 4.78 is 0. The van der Waals surface area contributed by atoms with Crippen molar-refractivity contribution < 1.29 is 4.79 Å². The third kappa shape index (κ3) is 3.33. The number of carbonyl (C=O) groups excluding carboxylic acids is 1. The fourth-order valence-corrected chi connectivity index (χ4v) is 2.28. The van der Waals surface area contributed by atoms with Crippen LogP contribution in [0.5, 0.6) is 0 Å². The van der Waals surface area contributed by atoms with E-state index in [-0.39, 0.29) is 11.4 Å². The maximum atomic E-state index is 12.0. The molecule has 0 atom stereocenters. The molecule has 0 heterocycles. The van der Waals surface area contributed by atoms with Crippen LogP contribution in [0.3, 0.4) is 0 Å². The van der Waals surface area contributed by atoms with Crippen LogP contribution in [0.4, 0.5) is 0 Å². The lowest BCUT2D eigenvalue weighted by molar-refractivity contribution is 0.0946. The summed E-state index contributed by atoms with van der Waals surface area (Å²) in [5.74, 6) is -0.0260. The van der Waals surface area contributed by atoms with Gasteiger partial charge in [-0.15, -0.1) is 0 Å². The highest BCUT2D eigenvalue weighted by Gasteiger charge is 2.15. The van der Waals surface area contributed by atoms with E-state index in [0.29, 0.717) is 6.54 Å². The predicted molar refractivity (Wildman–Crippen MR) is 73.7 cm³/mol. The van der Waals surface area contributed by atoms with E-state index < -0.39 is 0 Å². The van der Waals surface area contributed by atoms with Gasteiger partial charge in [0.15, 0.2) is 0 Å². The van der Waals surface area contributed by atoms with Crippen LogP contribution in [0, 0.1) is 0 Å². The summed E-state index contributed by atoms with van der Waals surface area (Å²) in [6.45, 7) is 4.29. The monoisotopic (exact) mass is 246 g/mol. The number of nitrogens with two attached hydrogens (primary N) is 1. The van der Waals surface area contributed by atoms with E-state index in [1.807, 2.05) is 26.0 Å². The number of hydrogen-bond donors (Lipinski definition) is 2. The zero-order valence-electron chi connectivity index (χ0n) is 11.3. The number of benzene rings is 1. The molecule has 0 bridgehead atoms. The van der Waals surface area contributed by atoms with Crippen molar-refractivity contribution in [3.05, 3.63) is 34.9 Å². The van der Waals surface area contributed by atoms with Crippen molar-refractivity contribution in [3.63, 3.8) is 0 Å². The average Bonchev–Trinajstić information content (AvgIpc) is 2.34. The molecule has 1 amide bonds. The third-order valence-corrected chi connectivity index (χ3v) is 3.32. The summed E-state index contributed by atoms with van der Waals surface area (Å²) in [4.78, 5) is 12.0. The summed E-state index contributed by atoms with van der Waals surface area (Å²) in [5.41, 5.74) is 8.97. The first-order valence-corrected chi connectivity index (χ1v) is 6.65. The molecule has 3 heteroatoms. The second kappa shape index (κ2) is 5.11. The van der Waals surface area contributed by atoms with E-state index in [9.17, 15) is 4.79 Å². The molecule has 18 heavy (non-hydrogen) atoms. The molecule has 1 aliphatic carbocycles. The average molecular weight is 246 g/mol. The van der Waals surface area contributed by atoms with Gasteiger partial charge < -0.3 is 11.1 Å². The molecule has 98 valence electrons. The molecule has 1 aliphatic rings. The number of fused-ring (bicyclic) bond motifs is 1. The Morgan fingerprint density at radius 2 is 1.94 bits per heavy atom. The Bertz CT molecular complexity index is 446. The SMILES string of the molecule is CC(C)(N)CNC(=O)c1ccc2c(c1)CCCC2. The second-order valence-electron chi connectivity index (χ2n) is 5.86. The van der Waals surface area contributed by atoms with Gasteiger partial charge in [-0.25, -0.2) is 0 Å². The molecule has 3 N–H and O–H groups in total. The van der Waals surface area contributed by atoms with E-state index in [2.05, 4.69) is 11.4 Å². The maximum absolute atomic E-state index is 12.0. The summed E-state index contributed by atoms with van der Waals surface area (Å²) in [7, 11) is 0. The molecule has 1 aromatic rings. The van der Waals surface area contributed by atoms with E-state index in [4.69, 9.17) is 5.73 Å². The van der Waals surface area contributed by atoms with Gasteiger partial charge in [-0.2, -0.15) is 0 Å². The Morgan fingerprint density at radius 1 is 1.28 bits per heavy atom. The first-order valence-electron chi connectivity index (χ1n) is 6.65. The minimum absolute atomic E-state index is 0.0260. The highest BCUT2D eigenvalue weighted by Crippen LogP contribution is 2.22. The summed E-state index contributed by atoms with van der Waals surface area (Å²) in [5, 5.41) is 2.88. The summed E-state index contributed by atoms with van der Waals surface area (Å²) >= 11 is 0. The van der Waals surface area contributed by atoms with Gasteiger partial charge in [-0.05, 0) is 62.8 Å². The fraction of sp³-hybridized carbons (Fsp3) is 0.533. The van der Waals surface area contributed by atoms with Crippen molar-refractivity contribution in [3.8, 4) is 0 Å². The van der Waals surface area contributed by atoms with E-state index >= 15 is 0 Å². The third-order valence-electron chi connectivity index (χ3n) is 3.32. The van der Waals surface area contributed by atoms with Gasteiger partial charge in [0.25, 0.3) is 5.91 Å². The van der Waals surface area contributed by atoms with Crippen molar-refractivity contribution in [2.24, 2.45) is 5.73 Å². The predicted octanol–water partition coefficient (Wildman–Crippen LogP) is 2.03. The molecule has 0 fully saturated rings. The standard InChI is InChI=1S/C15H22N2O/c1-15(2,16)10-17-14(18)13-8-7-11-5-3-4-6-12(11)9-13/h7-9H,3-6,10,16H2,1-2H3,(H,17,18). The van der Waals surface area contributed by atoms with Crippen LogP contribution in [-0.2, 0) is 12.8 Å². The van der Waals surface area contributed by atoms with Crippen molar-refractivity contribution >= 4 is 5.91 Å². The maximum Gasteiger partial charge on any atom is 0.251 e. The molecule has 0 aromatic heterocycles. The summed E-state index contributed by atoms with van der Waals surface area (Å²) in [6.07, 6.45) is 4.74. The van der Waals surface area contributed by atoms with Crippen molar-refractivity contribution in [1.29, 1.82) is 0 Å². The highest BCUT2D eigenvalue weighted by molar-refractivity contribution is 5.94. The first kappa shape index (κ1) is 13.1. The first-order chi connectivity index (χ1) is 8.46.